The van der Waals surface area contributed by atoms with E-state index in [-0.39, 0.29) is 5.96 Å². The molecule has 5 N–H and O–H groups in total. The summed E-state index contributed by atoms with van der Waals surface area (Å²) >= 11 is 0. The SMILES string of the molecule is N=C(N)NC(=O)c1ccc[nH]1. The van der Waals surface area contributed by atoms with Crippen molar-refractivity contribution in [2.75, 3.05) is 0 Å². The third kappa shape index (κ3) is 1.82. The van der Waals surface area contributed by atoms with Gasteiger partial charge in [0.1, 0.15) is 5.69 Å². The Morgan fingerprint density at radius 2 is 2.45 bits per heavy atom. The molecule has 0 aliphatic carbocycles. The summed E-state index contributed by atoms with van der Waals surface area (Å²) in [6.45, 7) is 0. The Balaban J connectivity index is 2.64. The molecule has 0 radical (unpaired) electrons. The second-order valence-corrected chi connectivity index (χ2v) is 1.95. The van der Waals surface area contributed by atoms with E-state index in [0.29, 0.717) is 5.69 Å². The standard InChI is InChI=1S/C6H8N4O/c7-6(8)10-5(11)4-2-1-3-9-4/h1-3,9H,(H4,7,8,10,11). The van der Waals surface area contributed by atoms with Crippen molar-refractivity contribution in [3.8, 4) is 0 Å². The summed E-state index contributed by atoms with van der Waals surface area (Å²) in [4.78, 5) is 13.6. The van der Waals surface area contributed by atoms with Crippen molar-refractivity contribution in [1.29, 1.82) is 5.41 Å². The van der Waals surface area contributed by atoms with Crippen LogP contribution in [0.3, 0.4) is 0 Å². The van der Waals surface area contributed by atoms with Gasteiger partial charge in [-0.25, -0.2) is 0 Å². The van der Waals surface area contributed by atoms with Gasteiger partial charge in [-0.05, 0) is 12.1 Å². The number of carbonyl (C=O) groups excluding carboxylic acids is 1. The lowest BCUT2D eigenvalue weighted by molar-refractivity contribution is 0.0972. The molecule has 0 unspecified atom stereocenters. The number of amides is 1. The summed E-state index contributed by atoms with van der Waals surface area (Å²) in [7, 11) is 0. The molecule has 1 aromatic rings. The van der Waals surface area contributed by atoms with Crippen LogP contribution in [0.25, 0.3) is 0 Å². The molecule has 1 amide bonds. The Bertz CT molecular complexity index is 264. The molecule has 5 nitrogen and oxygen atoms in total. The first-order chi connectivity index (χ1) is 5.20. The smallest absolute Gasteiger partial charge is 0.274 e. The van der Waals surface area contributed by atoms with Crippen LogP contribution in [0.15, 0.2) is 18.3 Å². The lowest BCUT2D eigenvalue weighted by Gasteiger charge is -1.98. The average molecular weight is 152 g/mol. The molecule has 1 heterocycles. The van der Waals surface area contributed by atoms with Crippen LogP contribution in [0.2, 0.25) is 0 Å². The van der Waals surface area contributed by atoms with Gasteiger partial charge < -0.3 is 10.7 Å². The Labute approximate surface area is 63.1 Å². The van der Waals surface area contributed by atoms with E-state index in [0.717, 1.165) is 0 Å². The van der Waals surface area contributed by atoms with Crippen LogP contribution in [0.4, 0.5) is 0 Å². The van der Waals surface area contributed by atoms with Gasteiger partial charge in [0, 0.05) is 6.20 Å². The van der Waals surface area contributed by atoms with Crippen LogP contribution >= 0.6 is 0 Å². The van der Waals surface area contributed by atoms with Gasteiger partial charge in [-0.2, -0.15) is 0 Å². The molecule has 0 fully saturated rings. The van der Waals surface area contributed by atoms with Gasteiger partial charge in [0.05, 0.1) is 0 Å². The number of carbonyl (C=O) groups is 1. The van der Waals surface area contributed by atoms with E-state index in [9.17, 15) is 4.79 Å². The molecule has 0 saturated carbocycles. The molecular formula is C6H8N4O. The second kappa shape index (κ2) is 2.87. The van der Waals surface area contributed by atoms with Crippen molar-refractivity contribution in [1.82, 2.24) is 10.3 Å². The number of guanidine groups is 1. The van der Waals surface area contributed by atoms with E-state index in [2.05, 4.69) is 10.3 Å². The van der Waals surface area contributed by atoms with Crippen molar-refractivity contribution in [3.05, 3.63) is 24.0 Å². The first kappa shape index (κ1) is 7.33. The van der Waals surface area contributed by atoms with E-state index >= 15 is 0 Å². The Morgan fingerprint density at radius 1 is 1.73 bits per heavy atom. The Hall–Kier alpha value is -1.78. The van der Waals surface area contributed by atoms with Crippen LogP contribution in [-0.4, -0.2) is 16.9 Å². The zero-order chi connectivity index (χ0) is 8.27. The maximum Gasteiger partial charge on any atom is 0.274 e. The molecule has 1 aromatic heterocycles. The fraction of sp³-hybridized carbons (Fsp3) is 0. The second-order valence-electron chi connectivity index (χ2n) is 1.95. The molecule has 0 aliphatic heterocycles. The lowest BCUT2D eigenvalue weighted by atomic mass is 10.4. The molecule has 0 aromatic carbocycles. The number of H-pyrrole nitrogens is 1. The van der Waals surface area contributed by atoms with Crippen LogP contribution in [0, 0.1) is 5.41 Å². The van der Waals surface area contributed by atoms with Crippen LogP contribution in [0.1, 0.15) is 10.5 Å². The normalized spacial score (nSPS) is 9.09. The average Bonchev–Trinajstić information content (AvgIpc) is 2.35. The van der Waals surface area contributed by atoms with Crippen molar-refractivity contribution in [2.45, 2.75) is 0 Å². The topological polar surface area (TPSA) is 94.8 Å². The summed E-state index contributed by atoms with van der Waals surface area (Å²) in [5.41, 5.74) is 5.33. The van der Waals surface area contributed by atoms with Crippen LogP contribution in [-0.2, 0) is 0 Å². The molecule has 0 saturated heterocycles. The molecule has 0 bridgehead atoms. The highest BCUT2D eigenvalue weighted by atomic mass is 16.2. The van der Waals surface area contributed by atoms with Crippen LogP contribution in [0.5, 0.6) is 0 Å². The third-order valence-electron chi connectivity index (χ3n) is 1.09. The number of aromatic amines is 1. The molecule has 0 spiro atoms. The molecule has 1 rings (SSSR count). The molecule has 11 heavy (non-hydrogen) atoms. The van der Waals surface area contributed by atoms with Gasteiger partial charge in [0.15, 0.2) is 5.96 Å². The van der Waals surface area contributed by atoms with Gasteiger partial charge in [-0.15, -0.1) is 0 Å². The molecular weight excluding hydrogens is 144 g/mol. The number of hydrogen-bond acceptors (Lipinski definition) is 2. The summed E-state index contributed by atoms with van der Waals surface area (Å²) in [5.74, 6) is -0.757. The Kier molecular flexibility index (Phi) is 1.91. The third-order valence-corrected chi connectivity index (χ3v) is 1.09. The predicted octanol–water partition coefficient (Wildman–Crippen LogP) is -0.362. The van der Waals surface area contributed by atoms with Gasteiger partial charge in [-0.3, -0.25) is 15.5 Å². The van der Waals surface area contributed by atoms with Crippen molar-refractivity contribution < 1.29 is 4.79 Å². The highest BCUT2D eigenvalue weighted by Crippen LogP contribution is 1.92. The Morgan fingerprint density at radius 3 is 2.91 bits per heavy atom. The largest absolute Gasteiger partial charge is 0.370 e. The van der Waals surface area contributed by atoms with E-state index < -0.39 is 5.91 Å². The minimum atomic E-state index is -0.400. The highest BCUT2D eigenvalue weighted by Gasteiger charge is 2.04. The van der Waals surface area contributed by atoms with Gasteiger partial charge >= 0.3 is 0 Å². The van der Waals surface area contributed by atoms with Crippen LogP contribution < -0.4 is 11.1 Å². The zero-order valence-corrected chi connectivity index (χ0v) is 5.72. The summed E-state index contributed by atoms with van der Waals surface area (Å²) in [6.07, 6.45) is 1.62. The molecule has 58 valence electrons. The minimum Gasteiger partial charge on any atom is -0.370 e. The monoisotopic (exact) mass is 152 g/mol. The van der Waals surface area contributed by atoms with Crippen molar-refractivity contribution in [2.24, 2.45) is 5.73 Å². The van der Waals surface area contributed by atoms with Crippen molar-refractivity contribution >= 4 is 11.9 Å². The van der Waals surface area contributed by atoms with Gasteiger partial charge in [0.25, 0.3) is 5.91 Å². The highest BCUT2D eigenvalue weighted by molar-refractivity contribution is 6.03. The fourth-order valence-electron chi connectivity index (χ4n) is 0.661. The number of aromatic nitrogens is 1. The number of nitrogens with one attached hydrogen (secondary N) is 3. The first-order valence-corrected chi connectivity index (χ1v) is 2.99. The number of hydrogen-bond donors (Lipinski definition) is 4. The van der Waals surface area contributed by atoms with Gasteiger partial charge in [-0.1, -0.05) is 0 Å². The van der Waals surface area contributed by atoms with E-state index in [1.807, 2.05) is 0 Å². The van der Waals surface area contributed by atoms with Crippen molar-refractivity contribution in [3.63, 3.8) is 0 Å². The maximum atomic E-state index is 11.0. The number of nitrogens with two attached hydrogens (primary N) is 1. The predicted molar refractivity (Wildman–Crippen MR) is 40.2 cm³/mol. The zero-order valence-electron chi connectivity index (χ0n) is 5.72. The quantitative estimate of drug-likeness (QED) is 0.326. The number of rotatable bonds is 1. The van der Waals surface area contributed by atoms with Gasteiger partial charge in [0.2, 0.25) is 0 Å². The molecule has 5 heteroatoms. The molecule has 0 aliphatic rings. The minimum absolute atomic E-state index is 0.357. The molecule has 0 atom stereocenters. The summed E-state index contributed by atoms with van der Waals surface area (Å²) in [5, 5.41) is 8.90. The summed E-state index contributed by atoms with van der Waals surface area (Å²) < 4.78 is 0. The first-order valence-electron chi connectivity index (χ1n) is 2.99. The van der Waals surface area contributed by atoms with E-state index in [1.165, 1.54) is 0 Å². The van der Waals surface area contributed by atoms with E-state index in [1.54, 1.807) is 18.3 Å². The lowest BCUT2D eigenvalue weighted by Crippen LogP contribution is -2.35. The van der Waals surface area contributed by atoms with E-state index in [4.69, 9.17) is 11.1 Å². The summed E-state index contributed by atoms with van der Waals surface area (Å²) in [6, 6.07) is 3.29. The maximum absolute atomic E-state index is 11.0. The fourth-order valence-corrected chi connectivity index (χ4v) is 0.661.